The van der Waals surface area contributed by atoms with Crippen molar-refractivity contribution in [1.29, 1.82) is 5.26 Å². The van der Waals surface area contributed by atoms with Crippen LogP contribution in [0.1, 0.15) is 23.8 Å². The van der Waals surface area contributed by atoms with Gasteiger partial charge in [-0.3, -0.25) is 5.32 Å². The maximum absolute atomic E-state index is 14.1. The summed E-state index contributed by atoms with van der Waals surface area (Å²) in [5.41, 5.74) is -2.18. The highest BCUT2D eigenvalue weighted by atomic mass is 19.4. The summed E-state index contributed by atoms with van der Waals surface area (Å²) < 4.78 is 89.8. The van der Waals surface area contributed by atoms with E-state index in [1.807, 2.05) is 0 Å². The van der Waals surface area contributed by atoms with Crippen molar-refractivity contribution in [3.05, 3.63) is 28.8 Å². The molecular formula is C12H7F6N3O2. The molecule has 2 saturated heterocycles. The number of aromatic nitrogens is 1. The standard InChI is InChI=1S/C12H7F6N3O2/c13-7-3(2-19)20-9(15)8(14)6(7)4-1-5(12(16,17)18)23-11-10(21-11)22-4/h4-5,10-11,21H,1H2. The number of hydrogen-bond donors (Lipinski definition) is 1. The molecule has 23 heavy (non-hydrogen) atoms. The molecular weight excluding hydrogens is 332 g/mol. The molecule has 0 saturated carbocycles. The summed E-state index contributed by atoms with van der Waals surface area (Å²) >= 11 is 0. The fourth-order valence-electron chi connectivity index (χ4n) is 2.27. The first-order valence-electron chi connectivity index (χ1n) is 6.30. The molecule has 2 fully saturated rings. The lowest BCUT2D eigenvalue weighted by Gasteiger charge is -2.23. The topological polar surface area (TPSA) is 77.1 Å². The molecule has 0 bridgehead atoms. The molecule has 0 amide bonds. The van der Waals surface area contributed by atoms with Gasteiger partial charge < -0.3 is 9.47 Å². The second kappa shape index (κ2) is 5.33. The number of nitrogens with zero attached hydrogens (tertiary/aromatic N) is 2. The predicted molar refractivity (Wildman–Crippen MR) is 58.9 cm³/mol. The second-order valence-electron chi connectivity index (χ2n) is 4.94. The van der Waals surface area contributed by atoms with E-state index >= 15 is 0 Å². The third-order valence-electron chi connectivity index (χ3n) is 3.41. The van der Waals surface area contributed by atoms with Crippen molar-refractivity contribution in [2.45, 2.75) is 37.3 Å². The number of hydrogen-bond acceptors (Lipinski definition) is 5. The Hall–Kier alpha value is -1.90. The Morgan fingerprint density at radius 1 is 1.13 bits per heavy atom. The molecule has 4 unspecified atom stereocenters. The molecule has 1 N–H and O–H groups in total. The number of fused-ring (bicyclic) bond motifs is 1. The summed E-state index contributed by atoms with van der Waals surface area (Å²) in [6, 6.07) is 1.20. The molecule has 2 aliphatic heterocycles. The van der Waals surface area contributed by atoms with Crippen molar-refractivity contribution in [3.8, 4) is 6.07 Å². The van der Waals surface area contributed by atoms with E-state index in [9.17, 15) is 26.3 Å². The average Bonchev–Trinajstić information content (AvgIpc) is 3.19. The molecule has 0 spiro atoms. The van der Waals surface area contributed by atoms with E-state index in [0.717, 1.165) is 0 Å². The van der Waals surface area contributed by atoms with Crippen LogP contribution in [-0.2, 0) is 9.47 Å². The van der Waals surface area contributed by atoms with E-state index in [0.29, 0.717) is 0 Å². The zero-order chi connectivity index (χ0) is 16.9. The first-order valence-corrected chi connectivity index (χ1v) is 6.30. The minimum Gasteiger partial charge on any atom is -0.351 e. The zero-order valence-electron chi connectivity index (χ0n) is 11.0. The van der Waals surface area contributed by atoms with Gasteiger partial charge in [0.25, 0.3) is 5.95 Å². The van der Waals surface area contributed by atoms with Crippen LogP contribution in [0.5, 0.6) is 0 Å². The summed E-state index contributed by atoms with van der Waals surface area (Å²) in [5.74, 6) is -5.15. The van der Waals surface area contributed by atoms with Gasteiger partial charge in [-0.05, 0) is 0 Å². The van der Waals surface area contributed by atoms with Gasteiger partial charge in [-0.15, -0.1) is 0 Å². The lowest BCUT2D eigenvalue weighted by Crippen LogP contribution is -2.34. The van der Waals surface area contributed by atoms with Crippen molar-refractivity contribution in [2.75, 3.05) is 0 Å². The number of ether oxygens (including phenoxy) is 2. The van der Waals surface area contributed by atoms with Crippen LogP contribution in [0, 0.1) is 28.9 Å². The van der Waals surface area contributed by atoms with Crippen molar-refractivity contribution < 1.29 is 35.8 Å². The van der Waals surface area contributed by atoms with Crippen LogP contribution >= 0.6 is 0 Å². The Bertz CT molecular complexity index is 689. The summed E-state index contributed by atoms with van der Waals surface area (Å²) in [4.78, 5) is 2.76. The molecule has 2 aliphatic rings. The van der Waals surface area contributed by atoms with Crippen molar-refractivity contribution in [2.24, 2.45) is 0 Å². The third kappa shape index (κ3) is 2.85. The maximum atomic E-state index is 14.1. The summed E-state index contributed by atoms with van der Waals surface area (Å²) in [7, 11) is 0. The molecule has 3 heterocycles. The van der Waals surface area contributed by atoms with Crippen LogP contribution < -0.4 is 5.32 Å². The van der Waals surface area contributed by atoms with E-state index in [4.69, 9.17) is 10.00 Å². The van der Waals surface area contributed by atoms with Gasteiger partial charge in [0.15, 0.2) is 35.9 Å². The SMILES string of the molecule is N#Cc1nc(F)c(F)c(C2CC(C(F)(F)F)OC3NC3O2)c1F. The molecule has 0 radical (unpaired) electrons. The molecule has 4 atom stereocenters. The first kappa shape index (κ1) is 16.0. The summed E-state index contributed by atoms with van der Waals surface area (Å²) in [6.45, 7) is 0. The fourth-order valence-corrected chi connectivity index (χ4v) is 2.27. The van der Waals surface area contributed by atoms with Gasteiger partial charge in [0.1, 0.15) is 6.07 Å². The van der Waals surface area contributed by atoms with E-state index in [2.05, 4.69) is 15.0 Å². The van der Waals surface area contributed by atoms with Crippen molar-refractivity contribution in [3.63, 3.8) is 0 Å². The van der Waals surface area contributed by atoms with Gasteiger partial charge in [0.2, 0.25) is 0 Å². The monoisotopic (exact) mass is 339 g/mol. The minimum atomic E-state index is -4.81. The highest BCUT2D eigenvalue weighted by molar-refractivity contribution is 5.31. The molecule has 3 rings (SSSR count). The van der Waals surface area contributed by atoms with Crippen LogP contribution in [0.25, 0.3) is 0 Å². The lowest BCUT2D eigenvalue weighted by molar-refractivity contribution is -0.226. The van der Waals surface area contributed by atoms with Crippen LogP contribution in [0.15, 0.2) is 0 Å². The highest BCUT2D eigenvalue weighted by Gasteiger charge is 2.54. The highest BCUT2D eigenvalue weighted by Crippen LogP contribution is 2.41. The van der Waals surface area contributed by atoms with Gasteiger partial charge in [-0.1, -0.05) is 0 Å². The molecule has 1 aromatic rings. The van der Waals surface area contributed by atoms with Gasteiger partial charge in [-0.25, -0.2) is 13.8 Å². The Labute approximate surface area is 124 Å². The summed E-state index contributed by atoms with van der Waals surface area (Å²) in [6.07, 6.45) is -12.0. The number of rotatable bonds is 1. The number of alkyl halides is 3. The van der Waals surface area contributed by atoms with E-state index in [1.165, 1.54) is 6.07 Å². The molecule has 5 nitrogen and oxygen atoms in total. The molecule has 124 valence electrons. The molecule has 1 aromatic heterocycles. The van der Waals surface area contributed by atoms with E-state index < -0.39 is 66.1 Å². The average molecular weight is 339 g/mol. The quantitative estimate of drug-likeness (QED) is 0.481. The maximum Gasteiger partial charge on any atom is 0.414 e. The smallest absolute Gasteiger partial charge is 0.351 e. The normalized spacial score (nSPS) is 30.3. The van der Waals surface area contributed by atoms with Gasteiger partial charge in [0.05, 0.1) is 11.7 Å². The largest absolute Gasteiger partial charge is 0.414 e. The molecule has 11 heteroatoms. The number of pyridine rings is 1. The van der Waals surface area contributed by atoms with Gasteiger partial charge >= 0.3 is 6.18 Å². The fraction of sp³-hybridized carbons (Fsp3) is 0.500. The first-order chi connectivity index (χ1) is 10.7. The predicted octanol–water partition coefficient (Wildman–Crippen LogP) is 2.03. The minimum absolute atomic E-state index is 0.986. The Morgan fingerprint density at radius 3 is 2.39 bits per heavy atom. The third-order valence-corrected chi connectivity index (χ3v) is 3.41. The lowest BCUT2D eigenvalue weighted by atomic mass is 10.0. The van der Waals surface area contributed by atoms with E-state index in [1.54, 1.807) is 0 Å². The van der Waals surface area contributed by atoms with Crippen LogP contribution in [-0.4, -0.2) is 29.7 Å². The van der Waals surface area contributed by atoms with Crippen LogP contribution in [0.4, 0.5) is 26.3 Å². The molecule has 0 aromatic carbocycles. The summed E-state index contributed by atoms with van der Waals surface area (Å²) in [5, 5.41) is 11.0. The second-order valence-corrected chi connectivity index (χ2v) is 4.94. The van der Waals surface area contributed by atoms with Gasteiger partial charge in [-0.2, -0.15) is 22.8 Å². The number of nitrogens with one attached hydrogen (secondary N) is 1. The van der Waals surface area contributed by atoms with Crippen LogP contribution in [0.2, 0.25) is 0 Å². The molecule has 0 aliphatic carbocycles. The number of nitriles is 1. The zero-order valence-corrected chi connectivity index (χ0v) is 11.0. The van der Waals surface area contributed by atoms with Crippen LogP contribution in [0.3, 0.4) is 0 Å². The Morgan fingerprint density at radius 2 is 1.78 bits per heavy atom. The van der Waals surface area contributed by atoms with Gasteiger partial charge in [0, 0.05) is 6.42 Å². The van der Waals surface area contributed by atoms with Crippen molar-refractivity contribution >= 4 is 0 Å². The van der Waals surface area contributed by atoms with Crippen molar-refractivity contribution in [1.82, 2.24) is 10.3 Å². The number of halogens is 6. The Kier molecular flexibility index (Phi) is 3.70. The Balaban J connectivity index is 2.03. The van der Waals surface area contributed by atoms with E-state index in [-0.39, 0.29) is 0 Å².